The lowest BCUT2D eigenvalue weighted by Gasteiger charge is -2.20. The summed E-state index contributed by atoms with van der Waals surface area (Å²) < 4.78 is 40.4. The zero-order valence-electron chi connectivity index (χ0n) is 7.92. The predicted molar refractivity (Wildman–Crippen MR) is 45.3 cm³/mol. The molecule has 0 saturated carbocycles. The molecule has 0 radical (unpaired) electrons. The zero-order valence-corrected chi connectivity index (χ0v) is 7.92. The third kappa shape index (κ3) is 6.23. The smallest absolute Gasteiger partial charge is 0.402 e. The van der Waals surface area contributed by atoms with Crippen molar-refractivity contribution in [2.24, 2.45) is 0 Å². The van der Waals surface area contributed by atoms with Gasteiger partial charge >= 0.3 is 13.5 Å². The summed E-state index contributed by atoms with van der Waals surface area (Å²) in [5, 5.41) is 16.6. The van der Waals surface area contributed by atoms with Gasteiger partial charge in [-0.25, -0.2) is 0 Å². The van der Waals surface area contributed by atoms with Gasteiger partial charge in [0, 0.05) is 0 Å². The van der Waals surface area contributed by atoms with Gasteiger partial charge in [0.15, 0.2) is 0 Å². The van der Waals surface area contributed by atoms with Crippen molar-refractivity contribution >= 4 is 7.32 Å². The Labute approximate surface area is 81.1 Å². The molecular weight excluding hydrogens is 200 g/mol. The van der Waals surface area contributed by atoms with Crippen LogP contribution in [0.3, 0.4) is 0 Å². The van der Waals surface area contributed by atoms with E-state index in [2.05, 4.69) is 4.65 Å². The maximum Gasteiger partial charge on any atom is 0.634 e. The quantitative estimate of drug-likeness (QED) is 0.520. The highest BCUT2D eigenvalue weighted by atomic mass is 19.4. The Kier molecular flexibility index (Phi) is 6.14. The molecule has 0 aliphatic rings. The molecule has 0 amide bonds. The maximum atomic E-state index is 12.2. The molecule has 84 valence electrons. The molecule has 0 fully saturated rings. The summed E-state index contributed by atoms with van der Waals surface area (Å²) in [6.07, 6.45) is -5.06. The van der Waals surface area contributed by atoms with E-state index in [1.165, 1.54) is 0 Å². The van der Waals surface area contributed by atoms with Crippen molar-refractivity contribution < 1.29 is 27.9 Å². The fraction of sp³-hybridized carbons (Fsp3) is 1.00. The molecule has 0 aliphatic heterocycles. The molecule has 0 aromatic carbocycles. The molecule has 0 bridgehead atoms. The van der Waals surface area contributed by atoms with Crippen LogP contribution in [-0.4, -0.2) is 29.6 Å². The fourth-order valence-electron chi connectivity index (χ4n) is 1.04. The second-order valence-electron chi connectivity index (χ2n) is 2.99. The molecule has 0 heterocycles. The van der Waals surface area contributed by atoms with E-state index in [0.29, 0.717) is 12.8 Å². The molecule has 2 N–H and O–H groups in total. The van der Waals surface area contributed by atoms with Crippen LogP contribution in [0.4, 0.5) is 13.2 Å². The van der Waals surface area contributed by atoms with Crippen molar-refractivity contribution in [3.8, 4) is 0 Å². The number of halogens is 3. The normalized spacial score (nSPS) is 14.1. The Morgan fingerprint density at radius 1 is 1.29 bits per heavy atom. The second kappa shape index (κ2) is 6.26. The number of rotatable bonds is 6. The minimum absolute atomic E-state index is 0.241. The molecule has 0 spiro atoms. The van der Waals surface area contributed by atoms with Gasteiger partial charge in [-0.3, -0.25) is 0 Å². The van der Waals surface area contributed by atoms with E-state index in [0.717, 1.165) is 6.42 Å². The molecular formula is C7H14BF3O3. The highest BCUT2D eigenvalue weighted by molar-refractivity contribution is 6.32. The molecule has 0 aromatic heterocycles. The van der Waals surface area contributed by atoms with Gasteiger partial charge in [-0.1, -0.05) is 26.2 Å². The van der Waals surface area contributed by atoms with Gasteiger partial charge in [0.25, 0.3) is 0 Å². The van der Waals surface area contributed by atoms with Crippen LogP contribution >= 0.6 is 0 Å². The van der Waals surface area contributed by atoms with Crippen LogP contribution in [0.1, 0.15) is 32.6 Å². The summed E-state index contributed by atoms with van der Waals surface area (Å²) in [5.41, 5.74) is 0. The number of alkyl halides is 3. The zero-order chi connectivity index (χ0) is 11.2. The SMILES string of the molecule is CCCCCC(OB(O)O)C(F)(F)F. The lowest BCUT2D eigenvalue weighted by atomic mass is 10.1. The minimum atomic E-state index is -4.54. The predicted octanol–water partition coefficient (Wildman–Crippen LogP) is 1.48. The van der Waals surface area contributed by atoms with Gasteiger partial charge in [-0.2, -0.15) is 13.2 Å². The van der Waals surface area contributed by atoms with Crippen LogP contribution in [0.5, 0.6) is 0 Å². The average Bonchev–Trinajstić information content (AvgIpc) is 2.00. The average molecular weight is 214 g/mol. The highest BCUT2D eigenvalue weighted by Crippen LogP contribution is 2.27. The topological polar surface area (TPSA) is 49.7 Å². The molecule has 0 saturated heterocycles. The van der Waals surface area contributed by atoms with Crippen LogP contribution in [0.25, 0.3) is 0 Å². The van der Waals surface area contributed by atoms with Crippen LogP contribution in [-0.2, 0) is 4.65 Å². The Hall–Kier alpha value is -0.265. The summed E-state index contributed by atoms with van der Waals surface area (Å²) >= 11 is 0. The standard InChI is InChI=1S/C7H14BF3O3/c1-2-3-4-5-6(7(9,10)11)14-8(12)13/h6,12-13H,2-5H2,1H3. The molecule has 3 nitrogen and oxygen atoms in total. The number of hydrogen-bond donors (Lipinski definition) is 2. The van der Waals surface area contributed by atoms with Gasteiger partial charge in [0.05, 0.1) is 0 Å². The molecule has 1 unspecified atom stereocenters. The van der Waals surface area contributed by atoms with E-state index in [9.17, 15) is 13.2 Å². The van der Waals surface area contributed by atoms with E-state index in [4.69, 9.17) is 10.0 Å². The van der Waals surface area contributed by atoms with Crippen molar-refractivity contribution in [2.75, 3.05) is 0 Å². The maximum absolute atomic E-state index is 12.2. The third-order valence-electron chi connectivity index (χ3n) is 1.72. The Morgan fingerprint density at radius 3 is 2.21 bits per heavy atom. The fourth-order valence-corrected chi connectivity index (χ4v) is 1.04. The van der Waals surface area contributed by atoms with Crippen molar-refractivity contribution in [1.29, 1.82) is 0 Å². The van der Waals surface area contributed by atoms with Crippen molar-refractivity contribution in [2.45, 2.75) is 44.9 Å². The molecule has 14 heavy (non-hydrogen) atoms. The van der Waals surface area contributed by atoms with E-state index in [1.54, 1.807) is 0 Å². The van der Waals surface area contributed by atoms with Crippen molar-refractivity contribution in [3.63, 3.8) is 0 Å². The lowest BCUT2D eigenvalue weighted by molar-refractivity contribution is -0.204. The molecule has 0 aliphatic carbocycles. The summed E-state index contributed by atoms with van der Waals surface area (Å²) in [6.45, 7) is 1.87. The number of hydrogen-bond acceptors (Lipinski definition) is 3. The number of unbranched alkanes of at least 4 members (excludes halogenated alkanes) is 2. The van der Waals surface area contributed by atoms with Crippen molar-refractivity contribution in [1.82, 2.24) is 0 Å². The van der Waals surface area contributed by atoms with Crippen LogP contribution < -0.4 is 0 Å². The Bertz CT molecular complexity index is 152. The first-order chi connectivity index (χ1) is 6.38. The van der Waals surface area contributed by atoms with E-state index in [-0.39, 0.29) is 6.42 Å². The monoisotopic (exact) mass is 214 g/mol. The Balaban J connectivity index is 3.99. The first kappa shape index (κ1) is 13.7. The first-order valence-electron chi connectivity index (χ1n) is 4.46. The first-order valence-corrected chi connectivity index (χ1v) is 4.46. The Morgan fingerprint density at radius 2 is 1.86 bits per heavy atom. The van der Waals surface area contributed by atoms with E-state index < -0.39 is 19.6 Å². The van der Waals surface area contributed by atoms with Gasteiger partial charge in [-0.15, -0.1) is 0 Å². The molecule has 1 atom stereocenters. The highest BCUT2D eigenvalue weighted by Gasteiger charge is 2.41. The van der Waals surface area contributed by atoms with E-state index in [1.807, 2.05) is 6.92 Å². The minimum Gasteiger partial charge on any atom is -0.402 e. The third-order valence-corrected chi connectivity index (χ3v) is 1.72. The molecule has 0 rings (SSSR count). The van der Waals surface area contributed by atoms with Gasteiger partial charge in [0.2, 0.25) is 0 Å². The van der Waals surface area contributed by atoms with Crippen LogP contribution in [0, 0.1) is 0 Å². The summed E-state index contributed by atoms with van der Waals surface area (Å²) in [4.78, 5) is 0. The van der Waals surface area contributed by atoms with Gasteiger partial charge < -0.3 is 14.7 Å². The molecule has 7 heteroatoms. The summed E-state index contributed by atoms with van der Waals surface area (Å²) in [6, 6.07) is 0. The summed E-state index contributed by atoms with van der Waals surface area (Å²) in [7, 11) is -2.37. The van der Waals surface area contributed by atoms with Crippen LogP contribution in [0.2, 0.25) is 0 Å². The van der Waals surface area contributed by atoms with Crippen LogP contribution in [0.15, 0.2) is 0 Å². The van der Waals surface area contributed by atoms with E-state index >= 15 is 0 Å². The largest absolute Gasteiger partial charge is 0.634 e. The lowest BCUT2D eigenvalue weighted by Crippen LogP contribution is -2.37. The second-order valence-corrected chi connectivity index (χ2v) is 2.99. The molecule has 0 aromatic rings. The summed E-state index contributed by atoms with van der Waals surface area (Å²) in [5.74, 6) is 0. The van der Waals surface area contributed by atoms with Gasteiger partial charge in [-0.05, 0) is 6.42 Å². The van der Waals surface area contributed by atoms with Crippen molar-refractivity contribution in [3.05, 3.63) is 0 Å². The van der Waals surface area contributed by atoms with Gasteiger partial charge in [0.1, 0.15) is 6.10 Å².